The van der Waals surface area contributed by atoms with Gasteiger partial charge < -0.3 is 10.6 Å². The number of aliphatic hydroxyl groups excluding tert-OH is 1. The van der Waals surface area contributed by atoms with Crippen LogP contribution in [0.4, 0.5) is 0 Å². The highest BCUT2D eigenvalue weighted by molar-refractivity contribution is 7.81. The molecule has 13 heavy (non-hydrogen) atoms. The molecule has 0 aromatic carbocycles. The van der Waals surface area contributed by atoms with Crippen LogP contribution >= 0.6 is 0 Å². The van der Waals surface area contributed by atoms with Crippen LogP contribution in [0.5, 0.6) is 0 Å². The average molecular weight is 216 g/mol. The van der Waals surface area contributed by atoms with Gasteiger partial charge in [0, 0.05) is 0 Å². The fourth-order valence-electron chi connectivity index (χ4n) is 0.283. The summed E-state index contributed by atoms with van der Waals surface area (Å²) in [5, 5.41) is 7.76. The van der Waals surface area contributed by atoms with Crippen LogP contribution in [-0.4, -0.2) is 38.8 Å². The fourth-order valence-corrected chi connectivity index (χ4v) is 0.780. The Morgan fingerprint density at radius 2 is 2.00 bits per heavy atom. The lowest BCUT2D eigenvalue weighted by atomic mass is 10.7. The van der Waals surface area contributed by atoms with E-state index in [9.17, 15) is 8.42 Å². The average Bonchev–Trinajstić information content (AvgIpc) is 2.05. The third-order valence-corrected chi connectivity index (χ3v) is 1.37. The van der Waals surface area contributed by atoms with Gasteiger partial charge in [0.2, 0.25) is 0 Å². The van der Waals surface area contributed by atoms with Crippen LogP contribution in [-0.2, 0) is 23.8 Å². The minimum Gasteiger partial charge on any atom is -0.412 e. The van der Waals surface area contributed by atoms with Crippen molar-refractivity contribution < 1.29 is 32.4 Å². The maximum atomic E-state index is 10.1. The molecular weight excluding hydrogens is 204 g/mol. The van der Waals surface area contributed by atoms with Crippen LogP contribution in [0.2, 0.25) is 0 Å². The highest BCUT2D eigenvalue weighted by Gasteiger charge is 2.17. The van der Waals surface area contributed by atoms with Crippen molar-refractivity contribution in [3.05, 3.63) is 12.7 Å². The summed E-state index contributed by atoms with van der Waals surface area (Å²) in [5.74, 6) is 0. The molecule has 1 aliphatic heterocycles. The van der Waals surface area contributed by atoms with Crippen LogP contribution in [0.1, 0.15) is 0 Å². The zero-order chi connectivity index (χ0) is 9.45. The Kier molecular flexibility index (Phi) is 9.34. The molecule has 0 aromatic heterocycles. The predicted molar refractivity (Wildman–Crippen MR) is 42.8 cm³/mol. The van der Waals surface area contributed by atoms with E-state index in [-0.39, 0.29) is 25.3 Å². The molecule has 7 nitrogen and oxygen atoms in total. The molecule has 1 aliphatic rings. The summed E-state index contributed by atoms with van der Waals surface area (Å²) in [6.45, 7) is 3.49. The van der Waals surface area contributed by atoms with E-state index in [1.54, 1.807) is 0 Å². The van der Waals surface area contributed by atoms with Gasteiger partial charge in [-0.3, -0.25) is 0 Å². The Labute approximate surface area is 76.1 Å². The molecule has 1 heterocycles. The SMILES string of the molecule is C=CCO.O.O=S1(=O)OCCOO1. The maximum Gasteiger partial charge on any atom is 0.426 e. The van der Waals surface area contributed by atoms with Crippen molar-refractivity contribution in [2.45, 2.75) is 0 Å². The van der Waals surface area contributed by atoms with Gasteiger partial charge >= 0.3 is 10.4 Å². The standard InChI is InChI=1S/C3H6O.C2H4O5S.H2O/c1-2-3-4;3-8(4)6-2-1-5-7-8;/h2,4H,1,3H2;1-2H2;1H2. The molecule has 0 saturated carbocycles. The summed E-state index contributed by atoms with van der Waals surface area (Å²) in [6.07, 6.45) is 1.43. The normalized spacial score (nSPS) is 18.8. The first-order valence-electron chi connectivity index (χ1n) is 3.04. The smallest absolute Gasteiger partial charge is 0.412 e. The molecule has 1 rings (SSSR count). The Balaban J connectivity index is 0. The van der Waals surface area contributed by atoms with Gasteiger partial charge in [0.25, 0.3) is 0 Å². The molecule has 0 unspecified atom stereocenters. The highest BCUT2D eigenvalue weighted by Crippen LogP contribution is 2.01. The second-order valence-corrected chi connectivity index (χ2v) is 2.78. The van der Waals surface area contributed by atoms with Crippen LogP contribution < -0.4 is 0 Å². The summed E-state index contributed by atoms with van der Waals surface area (Å²) in [5.41, 5.74) is 0. The molecule has 8 heteroatoms. The molecule has 0 radical (unpaired) electrons. The van der Waals surface area contributed by atoms with Gasteiger partial charge in [0.15, 0.2) is 0 Å². The van der Waals surface area contributed by atoms with E-state index in [0.29, 0.717) is 0 Å². The van der Waals surface area contributed by atoms with Crippen molar-refractivity contribution >= 4 is 10.4 Å². The van der Waals surface area contributed by atoms with Gasteiger partial charge in [0.1, 0.15) is 6.61 Å². The van der Waals surface area contributed by atoms with Crippen molar-refractivity contribution in [3.8, 4) is 0 Å². The topological polar surface area (TPSA) is 114 Å². The van der Waals surface area contributed by atoms with Gasteiger partial charge in [0.05, 0.1) is 13.2 Å². The second-order valence-electron chi connectivity index (χ2n) is 1.59. The summed E-state index contributed by atoms with van der Waals surface area (Å²) in [6, 6.07) is 0. The Hall–Kier alpha value is -0.510. The Bertz CT molecular complexity index is 197. The first-order valence-corrected chi connectivity index (χ1v) is 4.38. The molecule has 1 saturated heterocycles. The largest absolute Gasteiger partial charge is 0.426 e. The van der Waals surface area contributed by atoms with Crippen LogP contribution in [0.15, 0.2) is 12.7 Å². The van der Waals surface area contributed by atoms with E-state index in [0.717, 1.165) is 0 Å². The van der Waals surface area contributed by atoms with Gasteiger partial charge in [-0.2, -0.15) is 8.42 Å². The van der Waals surface area contributed by atoms with E-state index in [1.807, 2.05) is 0 Å². The molecule has 0 amide bonds. The molecule has 0 aliphatic carbocycles. The van der Waals surface area contributed by atoms with E-state index in [1.165, 1.54) is 6.08 Å². The second kappa shape index (κ2) is 8.10. The lowest BCUT2D eigenvalue weighted by Crippen LogP contribution is -2.20. The third-order valence-electron chi connectivity index (χ3n) is 0.655. The molecule has 0 spiro atoms. The Morgan fingerprint density at radius 1 is 1.46 bits per heavy atom. The number of hydrogen-bond acceptors (Lipinski definition) is 6. The number of rotatable bonds is 1. The van der Waals surface area contributed by atoms with Gasteiger partial charge in [-0.1, -0.05) is 10.4 Å². The summed E-state index contributed by atoms with van der Waals surface area (Å²) >= 11 is 0. The van der Waals surface area contributed by atoms with Gasteiger partial charge in [-0.25, -0.2) is 9.07 Å². The van der Waals surface area contributed by atoms with E-state index >= 15 is 0 Å². The van der Waals surface area contributed by atoms with E-state index in [4.69, 9.17) is 5.11 Å². The van der Waals surface area contributed by atoms with Crippen LogP contribution in [0.25, 0.3) is 0 Å². The molecule has 80 valence electrons. The zero-order valence-electron chi connectivity index (χ0n) is 6.80. The molecule has 3 N–H and O–H groups in total. The lowest BCUT2D eigenvalue weighted by Gasteiger charge is -2.08. The predicted octanol–water partition coefficient (Wildman–Crippen LogP) is -1.45. The maximum absolute atomic E-state index is 10.1. The first kappa shape index (κ1) is 15.0. The van der Waals surface area contributed by atoms with Crippen molar-refractivity contribution in [2.75, 3.05) is 19.8 Å². The molecular formula is C5H12O7S. The third kappa shape index (κ3) is 9.40. The van der Waals surface area contributed by atoms with Crippen molar-refractivity contribution in [3.63, 3.8) is 0 Å². The van der Waals surface area contributed by atoms with E-state index < -0.39 is 10.4 Å². The summed E-state index contributed by atoms with van der Waals surface area (Å²) in [7, 11) is -3.80. The van der Waals surface area contributed by atoms with Gasteiger partial charge in [-0.15, -0.1) is 6.58 Å². The monoisotopic (exact) mass is 216 g/mol. The van der Waals surface area contributed by atoms with E-state index in [2.05, 4.69) is 20.0 Å². The molecule has 0 aromatic rings. The first-order chi connectivity index (χ1) is 5.62. The van der Waals surface area contributed by atoms with Crippen molar-refractivity contribution in [1.82, 2.24) is 0 Å². The quantitative estimate of drug-likeness (QED) is 0.423. The minimum atomic E-state index is -3.80. The van der Waals surface area contributed by atoms with Crippen molar-refractivity contribution in [1.29, 1.82) is 0 Å². The number of hydrogen-bond donors (Lipinski definition) is 1. The molecule has 0 atom stereocenters. The van der Waals surface area contributed by atoms with Gasteiger partial charge in [-0.05, 0) is 0 Å². The Morgan fingerprint density at radius 3 is 2.15 bits per heavy atom. The lowest BCUT2D eigenvalue weighted by molar-refractivity contribution is -0.233. The molecule has 0 bridgehead atoms. The van der Waals surface area contributed by atoms with Crippen LogP contribution in [0.3, 0.4) is 0 Å². The fraction of sp³-hybridized carbons (Fsp3) is 0.600. The van der Waals surface area contributed by atoms with Crippen molar-refractivity contribution in [2.24, 2.45) is 0 Å². The minimum absolute atomic E-state index is 0. The number of aliphatic hydroxyl groups is 1. The highest BCUT2D eigenvalue weighted by atomic mass is 32.3. The molecule has 1 fully saturated rings. The zero-order valence-corrected chi connectivity index (χ0v) is 7.62. The summed E-state index contributed by atoms with van der Waals surface area (Å²) < 4.78 is 28.0. The summed E-state index contributed by atoms with van der Waals surface area (Å²) in [4.78, 5) is 4.07. The van der Waals surface area contributed by atoms with Crippen LogP contribution in [0, 0.1) is 0 Å².